The largest absolute Gasteiger partial charge is 0.383 e. The summed E-state index contributed by atoms with van der Waals surface area (Å²) in [4.78, 5) is 0. The molecule has 0 N–H and O–H groups in total. The molecular weight excluding hydrogens is 271 g/mol. The summed E-state index contributed by atoms with van der Waals surface area (Å²) < 4.78 is 7.00. The van der Waals surface area contributed by atoms with Gasteiger partial charge in [0.2, 0.25) is 0 Å². The second kappa shape index (κ2) is 6.60. The zero-order chi connectivity index (χ0) is 13.0. The molecule has 5 heteroatoms. The SMILES string of the molecule is COCCn1ncc(Cl)c1C1=CC(Cl)CCCC1. The average Bonchev–Trinajstić information content (AvgIpc) is 2.57. The minimum Gasteiger partial charge on any atom is -0.383 e. The van der Waals surface area contributed by atoms with Gasteiger partial charge in [-0.05, 0) is 24.8 Å². The van der Waals surface area contributed by atoms with E-state index in [1.807, 2.05) is 4.68 Å². The first-order valence-electron chi connectivity index (χ1n) is 6.27. The Morgan fingerprint density at radius 3 is 3.11 bits per heavy atom. The van der Waals surface area contributed by atoms with Crippen molar-refractivity contribution in [1.82, 2.24) is 9.78 Å². The van der Waals surface area contributed by atoms with E-state index in [-0.39, 0.29) is 5.38 Å². The number of alkyl halides is 1. The van der Waals surface area contributed by atoms with Crippen LogP contribution in [0.2, 0.25) is 5.02 Å². The van der Waals surface area contributed by atoms with Crippen LogP contribution in [0, 0.1) is 0 Å². The van der Waals surface area contributed by atoms with Crippen molar-refractivity contribution in [3.8, 4) is 0 Å². The molecule has 0 radical (unpaired) electrons. The van der Waals surface area contributed by atoms with E-state index < -0.39 is 0 Å². The molecular formula is C13H18Cl2N2O. The lowest BCUT2D eigenvalue weighted by Gasteiger charge is -2.11. The summed E-state index contributed by atoms with van der Waals surface area (Å²) in [7, 11) is 1.69. The molecule has 1 aliphatic rings. The number of methoxy groups -OCH3 is 1. The van der Waals surface area contributed by atoms with Gasteiger partial charge in [-0.1, -0.05) is 24.1 Å². The third-order valence-corrected chi connectivity index (χ3v) is 3.79. The molecule has 1 aromatic rings. The number of hydrogen-bond donors (Lipinski definition) is 0. The van der Waals surface area contributed by atoms with Crippen LogP contribution in [0.1, 0.15) is 31.4 Å². The smallest absolute Gasteiger partial charge is 0.0862 e. The summed E-state index contributed by atoms with van der Waals surface area (Å²) >= 11 is 12.5. The Morgan fingerprint density at radius 1 is 1.50 bits per heavy atom. The van der Waals surface area contributed by atoms with Crippen LogP contribution in [0.25, 0.3) is 5.57 Å². The van der Waals surface area contributed by atoms with E-state index in [1.165, 1.54) is 5.57 Å². The fraction of sp³-hybridized carbons (Fsp3) is 0.615. The fourth-order valence-electron chi connectivity index (χ4n) is 2.27. The van der Waals surface area contributed by atoms with Crippen LogP contribution in [-0.2, 0) is 11.3 Å². The van der Waals surface area contributed by atoms with Crippen molar-refractivity contribution in [1.29, 1.82) is 0 Å². The van der Waals surface area contributed by atoms with Gasteiger partial charge in [-0.15, -0.1) is 11.6 Å². The van der Waals surface area contributed by atoms with E-state index in [0.717, 1.165) is 31.4 Å². The summed E-state index contributed by atoms with van der Waals surface area (Å²) in [5.41, 5.74) is 2.22. The van der Waals surface area contributed by atoms with E-state index in [4.69, 9.17) is 27.9 Å². The van der Waals surface area contributed by atoms with Crippen molar-refractivity contribution >= 4 is 28.8 Å². The van der Waals surface area contributed by atoms with Gasteiger partial charge in [-0.2, -0.15) is 5.10 Å². The van der Waals surface area contributed by atoms with Gasteiger partial charge in [-0.3, -0.25) is 4.68 Å². The number of ether oxygens (including phenoxy) is 1. The lowest BCUT2D eigenvalue weighted by molar-refractivity contribution is 0.183. The summed E-state index contributed by atoms with van der Waals surface area (Å²) in [5, 5.41) is 5.10. The van der Waals surface area contributed by atoms with E-state index in [1.54, 1.807) is 13.3 Å². The van der Waals surface area contributed by atoms with Gasteiger partial charge < -0.3 is 4.74 Å². The second-order valence-corrected chi connectivity index (χ2v) is 5.48. The van der Waals surface area contributed by atoms with Crippen LogP contribution < -0.4 is 0 Å². The first kappa shape index (κ1) is 13.9. The monoisotopic (exact) mass is 288 g/mol. The summed E-state index contributed by atoms with van der Waals surface area (Å²) in [6.45, 7) is 1.34. The molecule has 18 heavy (non-hydrogen) atoms. The number of halogens is 2. The third-order valence-electron chi connectivity index (χ3n) is 3.16. The van der Waals surface area contributed by atoms with Crippen LogP contribution >= 0.6 is 23.2 Å². The van der Waals surface area contributed by atoms with Crippen LogP contribution in [0.3, 0.4) is 0 Å². The molecule has 0 spiro atoms. The Hall–Kier alpha value is -0.510. The third kappa shape index (κ3) is 3.28. The highest BCUT2D eigenvalue weighted by atomic mass is 35.5. The minimum absolute atomic E-state index is 0.101. The summed E-state index contributed by atoms with van der Waals surface area (Å²) in [6, 6.07) is 0. The number of nitrogens with zero attached hydrogens (tertiary/aromatic N) is 2. The van der Waals surface area contributed by atoms with Crippen LogP contribution in [-0.4, -0.2) is 28.9 Å². The minimum atomic E-state index is 0.101. The van der Waals surface area contributed by atoms with Crippen molar-refractivity contribution in [3.05, 3.63) is 23.0 Å². The second-order valence-electron chi connectivity index (χ2n) is 4.51. The van der Waals surface area contributed by atoms with Crippen molar-refractivity contribution in [3.63, 3.8) is 0 Å². The average molecular weight is 289 g/mol. The maximum absolute atomic E-state index is 6.27. The van der Waals surface area contributed by atoms with Crippen LogP contribution in [0.4, 0.5) is 0 Å². The molecule has 0 saturated heterocycles. The number of rotatable bonds is 4. The predicted octanol–water partition coefficient (Wildman–Crippen LogP) is 3.75. The Kier molecular flexibility index (Phi) is 5.10. The van der Waals surface area contributed by atoms with Gasteiger partial charge in [0.25, 0.3) is 0 Å². The van der Waals surface area contributed by atoms with Crippen molar-refractivity contribution in [2.75, 3.05) is 13.7 Å². The van der Waals surface area contributed by atoms with E-state index in [2.05, 4.69) is 11.2 Å². The first-order valence-corrected chi connectivity index (χ1v) is 7.09. The molecule has 100 valence electrons. The zero-order valence-corrected chi connectivity index (χ0v) is 12.0. The maximum atomic E-state index is 6.27. The van der Waals surface area contributed by atoms with Crippen molar-refractivity contribution in [2.24, 2.45) is 0 Å². The highest BCUT2D eigenvalue weighted by Crippen LogP contribution is 2.32. The van der Waals surface area contributed by atoms with Gasteiger partial charge >= 0.3 is 0 Å². The molecule has 1 unspecified atom stereocenters. The molecule has 2 rings (SSSR count). The standard InChI is InChI=1S/C13H18Cl2N2O/c1-18-7-6-17-13(12(15)9-16-17)10-4-2-3-5-11(14)8-10/h8-9,11H,2-7H2,1H3. The summed E-state index contributed by atoms with van der Waals surface area (Å²) in [6.07, 6.45) is 8.19. The highest BCUT2D eigenvalue weighted by Gasteiger charge is 2.17. The number of hydrogen-bond acceptors (Lipinski definition) is 2. The highest BCUT2D eigenvalue weighted by molar-refractivity contribution is 6.32. The fourth-order valence-corrected chi connectivity index (χ4v) is 2.84. The van der Waals surface area contributed by atoms with E-state index in [0.29, 0.717) is 18.2 Å². The van der Waals surface area contributed by atoms with Gasteiger partial charge in [0.15, 0.2) is 0 Å². The van der Waals surface area contributed by atoms with E-state index in [9.17, 15) is 0 Å². The van der Waals surface area contributed by atoms with Crippen molar-refractivity contribution < 1.29 is 4.74 Å². The lowest BCUT2D eigenvalue weighted by atomic mass is 10.1. The molecule has 3 nitrogen and oxygen atoms in total. The first-order chi connectivity index (χ1) is 8.72. The van der Waals surface area contributed by atoms with Gasteiger partial charge in [0.1, 0.15) is 0 Å². The Bertz CT molecular complexity index is 429. The molecule has 0 aromatic carbocycles. The number of aromatic nitrogens is 2. The molecule has 1 atom stereocenters. The normalized spacial score (nSPS) is 20.6. The molecule has 0 bridgehead atoms. The molecule has 0 amide bonds. The molecule has 1 heterocycles. The predicted molar refractivity (Wildman–Crippen MR) is 75.2 cm³/mol. The molecule has 1 aromatic heterocycles. The lowest BCUT2D eigenvalue weighted by Crippen LogP contribution is -2.09. The van der Waals surface area contributed by atoms with Gasteiger partial charge in [-0.25, -0.2) is 0 Å². The molecule has 0 aliphatic heterocycles. The van der Waals surface area contributed by atoms with Gasteiger partial charge in [0, 0.05) is 7.11 Å². The van der Waals surface area contributed by atoms with Crippen LogP contribution in [0.5, 0.6) is 0 Å². The summed E-state index contributed by atoms with van der Waals surface area (Å²) in [5.74, 6) is 0. The molecule has 0 fully saturated rings. The zero-order valence-electron chi connectivity index (χ0n) is 10.5. The van der Waals surface area contributed by atoms with E-state index >= 15 is 0 Å². The topological polar surface area (TPSA) is 27.1 Å². The van der Waals surface area contributed by atoms with Crippen LogP contribution in [0.15, 0.2) is 12.3 Å². The molecule has 1 aliphatic carbocycles. The maximum Gasteiger partial charge on any atom is 0.0862 e. The Morgan fingerprint density at radius 2 is 2.33 bits per heavy atom. The quantitative estimate of drug-likeness (QED) is 0.789. The van der Waals surface area contributed by atoms with Gasteiger partial charge in [0.05, 0.1) is 35.4 Å². The number of allylic oxidation sites excluding steroid dienone is 2. The van der Waals surface area contributed by atoms with Crippen molar-refractivity contribution in [2.45, 2.75) is 37.6 Å². The molecule has 0 saturated carbocycles. The Labute approximate surface area is 118 Å². The Balaban J connectivity index is 2.27.